The fraction of sp³-hybridized carbons (Fsp3) is 0.105. The molecule has 7 nitrogen and oxygen atoms in total. The van der Waals surface area contributed by atoms with Crippen LogP contribution < -0.4 is 11.2 Å². The molecule has 0 spiro atoms. The molecule has 1 aliphatic heterocycles. The Balaban J connectivity index is 1.83. The van der Waals surface area contributed by atoms with E-state index in [2.05, 4.69) is 4.98 Å². The molecule has 2 N–H and O–H groups in total. The molecule has 0 bridgehead atoms. The SMILES string of the molecule is O=C1OC(c2c(O)n(Cc3ccc(F)cc3)c(=O)[nH]c2=O)c2ccccc21. The second kappa shape index (κ2) is 6.24. The summed E-state index contributed by atoms with van der Waals surface area (Å²) in [6.07, 6.45) is -1.13. The van der Waals surface area contributed by atoms with Crippen LogP contribution in [0.4, 0.5) is 4.39 Å². The van der Waals surface area contributed by atoms with Crippen LogP contribution in [0.15, 0.2) is 58.1 Å². The monoisotopic (exact) mass is 368 g/mol. The maximum absolute atomic E-state index is 13.1. The van der Waals surface area contributed by atoms with Crippen LogP contribution in [0.1, 0.15) is 33.2 Å². The van der Waals surface area contributed by atoms with Crippen molar-refractivity contribution in [1.29, 1.82) is 0 Å². The van der Waals surface area contributed by atoms with Gasteiger partial charge in [0.1, 0.15) is 11.4 Å². The Morgan fingerprint density at radius 3 is 2.52 bits per heavy atom. The zero-order valence-electron chi connectivity index (χ0n) is 13.8. The quantitative estimate of drug-likeness (QED) is 0.685. The summed E-state index contributed by atoms with van der Waals surface area (Å²) < 4.78 is 19.3. The Hall–Kier alpha value is -3.68. The van der Waals surface area contributed by atoms with E-state index in [0.29, 0.717) is 11.1 Å². The van der Waals surface area contributed by atoms with Crippen LogP contribution in [0, 0.1) is 5.82 Å². The molecule has 0 saturated carbocycles. The van der Waals surface area contributed by atoms with Gasteiger partial charge in [-0.25, -0.2) is 14.0 Å². The zero-order chi connectivity index (χ0) is 19.1. The smallest absolute Gasteiger partial charge is 0.339 e. The molecular formula is C19H13FN2O5. The van der Waals surface area contributed by atoms with Crippen molar-refractivity contribution in [2.24, 2.45) is 0 Å². The standard InChI is InChI=1S/C19H13FN2O5/c20-11-7-5-10(6-8-11)9-22-17(24)14(16(23)21-19(22)26)15-12-3-1-2-4-13(12)18(25)27-15/h1-8,15,24H,9H2,(H,21,23,26). The van der Waals surface area contributed by atoms with E-state index >= 15 is 0 Å². The Kier molecular flexibility index (Phi) is 3.88. The van der Waals surface area contributed by atoms with Gasteiger partial charge < -0.3 is 9.84 Å². The number of benzene rings is 2. The lowest BCUT2D eigenvalue weighted by Gasteiger charge is -2.15. The van der Waals surface area contributed by atoms with Crippen LogP contribution in [0.5, 0.6) is 5.88 Å². The van der Waals surface area contributed by atoms with Gasteiger partial charge in [0.25, 0.3) is 5.56 Å². The number of cyclic esters (lactones) is 1. The van der Waals surface area contributed by atoms with Gasteiger partial charge in [0.05, 0.1) is 12.1 Å². The molecular weight excluding hydrogens is 355 g/mol. The summed E-state index contributed by atoms with van der Waals surface area (Å²) >= 11 is 0. The zero-order valence-corrected chi connectivity index (χ0v) is 13.8. The van der Waals surface area contributed by atoms with E-state index in [1.165, 1.54) is 24.3 Å². The highest BCUT2D eigenvalue weighted by Gasteiger charge is 2.36. The summed E-state index contributed by atoms with van der Waals surface area (Å²) in [7, 11) is 0. The van der Waals surface area contributed by atoms with E-state index in [1.807, 2.05) is 0 Å². The molecule has 0 saturated heterocycles. The summed E-state index contributed by atoms with van der Waals surface area (Å²) in [4.78, 5) is 38.7. The first-order chi connectivity index (χ1) is 13.0. The summed E-state index contributed by atoms with van der Waals surface area (Å²) in [6, 6.07) is 11.8. The number of carbonyl (C=O) groups is 1. The van der Waals surface area contributed by atoms with Crippen molar-refractivity contribution in [2.45, 2.75) is 12.6 Å². The highest BCUT2D eigenvalue weighted by Crippen LogP contribution is 2.37. The van der Waals surface area contributed by atoms with Gasteiger partial charge in [0.15, 0.2) is 6.10 Å². The normalized spacial score (nSPS) is 15.4. The predicted molar refractivity (Wildman–Crippen MR) is 92.2 cm³/mol. The first-order valence-electron chi connectivity index (χ1n) is 8.06. The molecule has 0 fully saturated rings. The molecule has 1 unspecified atom stereocenters. The lowest BCUT2D eigenvalue weighted by Crippen LogP contribution is -2.33. The Bertz CT molecular complexity index is 1160. The first-order valence-corrected chi connectivity index (χ1v) is 8.06. The van der Waals surface area contributed by atoms with Crippen LogP contribution >= 0.6 is 0 Å². The van der Waals surface area contributed by atoms with Crippen LogP contribution in [0.2, 0.25) is 0 Å². The number of nitrogens with zero attached hydrogens (tertiary/aromatic N) is 1. The number of ether oxygens (including phenoxy) is 1. The molecule has 1 aromatic heterocycles. The number of H-pyrrole nitrogens is 1. The lowest BCUT2D eigenvalue weighted by molar-refractivity contribution is 0.0448. The number of fused-ring (bicyclic) bond motifs is 1. The Morgan fingerprint density at radius 1 is 1.07 bits per heavy atom. The van der Waals surface area contributed by atoms with Gasteiger partial charge >= 0.3 is 11.7 Å². The van der Waals surface area contributed by atoms with E-state index in [4.69, 9.17) is 4.74 Å². The van der Waals surface area contributed by atoms with Gasteiger partial charge in [-0.3, -0.25) is 14.3 Å². The van der Waals surface area contributed by atoms with Crippen molar-refractivity contribution in [3.63, 3.8) is 0 Å². The van der Waals surface area contributed by atoms with Crippen LogP contribution in [-0.2, 0) is 11.3 Å². The van der Waals surface area contributed by atoms with E-state index < -0.39 is 35.0 Å². The third kappa shape index (κ3) is 2.80. The van der Waals surface area contributed by atoms with Crippen molar-refractivity contribution < 1.29 is 19.0 Å². The predicted octanol–water partition coefficient (Wildman–Crippen LogP) is 1.69. The number of rotatable bonds is 3. The minimum atomic E-state index is -1.13. The molecule has 0 amide bonds. The fourth-order valence-corrected chi connectivity index (χ4v) is 3.09. The van der Waals surface area contributed by atoms with E-state index in [0.717, 1.165) is 4.57 Å². The highest BCUT2D eigenvalue weighted by atomic mass is 19.1. The van der Waals surface area contributed by atoms with Crippen molar-refractivity contribution in [3.8, 4) is 5.88 Å². The second-order valence-electron chi connectivity index (χ2n) is 6.08. The molecule has 8 heteroatoms. The van der Waals surface area contributed by atoms with Crippen molar-refractivity contribution in [2.75, 3.05) is 0 Å². The number of halogens is 1. The molecule has 27 heavy (non-hydrogen) atoms. The molecule has 4 rings (SSSR count). The Morgan fingerprint density at radius 2 is 1.78 bits per heavy atom. The average molecular weight is 368 g/mol. The summed E-state index contributed by atoms with van der Waals surface area (Å²) in [5.41, 5.74) is -0.663. The van der Waals surface area contributed by atoms with Crippen molar-refractivity contribution in [3.05, 3.63) is 97.4 Å². The number of nitrogens with one attached hydrogen (secondary N) is 1. The number of aromatic hydroxyl groups is 1. The molecule has 3 aromatic rings. The van der Waals surface area contributed by atoms with Crippen molar-refractivity contribution >= 4 is 5.97 Å². The molecule has 1 atom stereocenters. The third-order valence-corrected chi connectivity index (χ3v) is 4.41. The van der Waals surface area contributed by atoms with E-state index in [1.54, 1.807) is 24.3 Å². The van der Waals surface area contributed by atoms with Gasteiger partial charge in [-0.05, 0) is 23.8 Å². The molecule has 1 aliphatic rings. The topological polar surface area (TPSA) is 101 Å². The number of carbonyl (C=O) groups excluding carboxylic acids is 1. The van der Waals surface area contributed by atoms with Gasteiger partial charge in [0.2, 0.25) is 5.88 Å². The lowest BCUT2D eigenvalue weighted by atomic mass is 10.0. The number of hydrogen-bond acceptors (Lipinski definition) is 5. The van der Waals surface area contributed by atoms with Gasteiger partial charge in [-0.15, -0.1) is 0 Å². The third-order valence-electron chi connectivity index (χ3n) is 4.41. The number of aromatic amines is 1. The Labute approximate surface area is 151 Å². The van der Waals surface area contributed by atoms with Crippen LogP contribution in [0.25, 0.3) is 0 Å². The van der Waals surface area contributed by atoms with Crippen LogP contribution in [-0.4, -0.2) is 20.6 Å². The molecule has 2 heterocycles. The fourth-order valence-electron chi connectivity index (χ4n) is 3.09. The minimum Gasteiger partial charge on any atom is -0.494 e. The molecule has 136 valence electrons. The van der Waals surface area contributed by atoms with Crippen LogP contribution in [0.3, 0.4) is 0 Å². The summed E-state index contributed by atoms with van der Waals surface area (Å²) in [5.74, 6) is -1.67. The van der Waals surface area contributed by atoms with E-state index in [-0.39, 0.29) is 17.7 Å². The maximum atomic E-state index is 13.1. The largest absolute Gasteiger partial charge is 0.494 e. The molecule has 2 aromatic carbocycles. The summed E-state index contributed by atoms with van der Waals surface area (Å²) in [6.45, 7) is -0.100. The number of hydrogen-bond donors (Lipinski definition) is 2. The summed E-state index contributed by atoms with van der Waals surface area (Å²) in [5, 5.41) is 10.6. The van der Waals surface area contributed by atoms with Crippen molar-refractivity contribution in [1.82, 2.24) is 9.55 Å². The first kappa shape index (κ1) is 16.8. The number of aromatic nitrogens is 2. The average Bonchev–Trinajstić information content (AvgIpc) is 2.97. The number of esters is 1. The minimum absolute atomic E-state index is 0.100. The molecule has 0 aliphatic carbocycles. The van der Waals surface area contributed by atoms with Gasteiger partial charge in [-0.1, -0.05) is 30.3 Å². The molecule has 0 radical (unpaired) electrons. The van der Waals surface area contributed by atoms with Gasteiger partial charge in [-0.2, -0.15) is 0 Å². The maximum Gasteiger partial charge on any atom is 0.339 e. The van der Waals surface area contributed by atoms with E-state index in [9.17, 15) is 23.9 Å². The highest BCUT2D eigenvalue weighted by molar-refractivity contribution is 5.94. The second-order valence-corrected chi connectivity index (χ2v) is 6.08. The van der Waals surface area contributed by atoms with Gasteiger partial charge in [0, 0.05) is 5.56 Å².